The van der Waals surface area contributed by atoms with Gasteiger partial charge in [0.05, 0.1) is 7.11 Å². The molecular formula is C10H15N7O. The highest BCUT2D eigenvalue weighted by molar-refractivity contribution is 5.61. The molecule has 8 nitrogen and oxygen atoms in total. The zero-order valence-corrected chi connectivity index (χ0v) is 10.3. The van der Waals surface area contributed by atoms with Crippen molar-refractivity contribution in [2.24, 2.45) is 7.05 Å². The fourth-order valence-electron chi connectivity index (χ4n) is 1.54. The number of rotatable bonds is 5. The second kappa shape index (κ2) is 5.30. The summed E-state index contributed by atoms with van der Waals surface area (Å²) in [5.41, 5.74) is 5.68. The molecule has 0 bridgehead atoms. The predicted octanol–water partition coefficient (Wildman–Crippen LogP) is -0.150. The smallest absolute Gasteiger partial charge is 0.203 e. The Morgan fingerprint density at radius 3 is 2.94 bits per heavy atom. The minimum absolute atomic E-state index is 0.314. The molecule has 2 rings (SSSR count). The Kier molecular flexibility index (Phi) is 3.56. The van der Waals surface area contributed by atoms with Crippen molar-refractivity contribution in [1.29, 1.82) is 0 Å². The maximum Gasteiger partial charge on any atom is 0.203 e. The van der Waals surface area contributed by atoms with Crippen molar-refractivity contribution in [3.05, 3.63) is 18.5 Å². The standard InChI is InChI=1S/C10H15N7O/c1-17-6-15-16-7(17)3-4-12-10-8(18-2)9(11)13-5-14-10/h5-6H,3-4H2,1-2H3,(H3,11,12,13,14). The van der Waals surface area contributed by atoms with Gasteiger partial charge in [-0.15, -0.1) is 10.2 Å². The van der Waals surface area contributed by atoms with Crippen LogP contribution in [0.5, 0.6) is 5.75 Å². The van der Waals surface area contributed by atoms with E-state index in [1.165, 1.54) is 13.4 Å². The number of aryl methyl sites for hydroxylation is 1. The Labute approximate surface area is 104 Å². The number of nitrogens with one attached hydrogen (secondary N) is 1. The van der Waals surface area contributed by atoms with Gasteiger partial charge < -0.3 is 20.4 Å². The van der Waals surface area contributed by atoms with Crippen molar-refractivity contribution >= 4 is 11.6 Å². The lowest BCUT2D eigenvalue weighted by atomic mass is 10.4. The molecular weight excluding hydrogens is 234 g/mol. The second-order valence-corrected chi connectivity index (χ2v) is 3.68. The van der Waals surface area contributed by atoms with Crippen molar-refractivity contribution in [2.45, 2.75) is 6.42 Å². The molecule has 18 heavy (non-hydrogen) atoms. The number of hydrogen-bond acceptors (Lipinski definition) is 7. The van der Waals surface area contributed by atoms with Crippen molar-refractivity contribution < 1.29 is 4.74 Å². The minimum atomic E-state index is 0.314. The normalized spacial score (nSPS) is 10.3. The van der Waals surface area contributed by atoms with Crippen LogP contribution < -0.4 is 15.8 Å². The molecule has 0 fully saturated rings. The number of anilines is 2. The lowest BCUT2D eigenvalue weighted by Gasteiger charge is -2.10. The Bertz CT molecular complexity index is 525. The predicted molar refractivity (Wildman–Crippen MR) is 66.2 cm³/mol. The summed E-state index contributed by atoms with van der Waals surface area (Å²) in [5.74, 6) is 2.24. The number of nitrogen functional groups attached to an aromatic ring is 1. The summed E-state index contributed by atoms with van der Waals surface area (Å²) in [4.78, 5) is 7.94. The van der Waals surface area contributed by atoms with Gasteiger partial charge in [-0.2, -0.15) is 0 Å². The van der Waals surface area contributed by atoms with Crippen molar-refractivity contribution in [3.63, 3.8) is 0 Å². The Morgan fingerprint density at radius 2 is 2.28 bits per heavy atom. The van der Waals surface area contributed by atoms with Crippen molar-refractivity contribution in [2.75, 3.05) is 24.7 Å². The first-order chi connectivity index (χ1) is 8.72. The summed E-state index contributed by atoms with van der Waals surface area (Å²) >= 11 is 0. The summed E-state index contributed by atoms with van der Waals surface area (Å²) in [5, 5.41) is 10.9. The van der Waals surface area contributed by atoms with Gasteiger partial charge in [0.1, 0.15) is 18.5 Å². The van der Waals surface area contributed by atoms with Gasteiger partial charge in [0.15, 0.2) is 11.6 Å². The van der Waals surface area contributed by atoms with E-state index in [2.05, 4.69) is 25.5 Å². The fraction of sp³-hybridized carbons (Fsp3) is 0.400. The molecule has 0 aliphatic rings. The first kappa shape index (κ1) is 12.1. The van der Waals surface area contributed by atoms with E-state index in [0.29, 0.717) is 23.9 Å². The summed E-state index contributed by atoms with van der Waals surface area (Å²) in [7, 11) is 3.43. The van der Waals surface area contributed by atoms with Crippen LogP contribution in [-0.4, -0.2) is 38.4 Å². The Balaban J connectivity index is 1.98. The van der Waals surface area contributed by atoms with E-state index < -0.39 is 0 Å². The van der Waals surface area contributed by atoms with Crippen LogP contribution in [-0.2, 0) is 13.5 Å². The highest BCUT2D eigenvalue weighted by Crippen LogP contribution is 2.25. The molecule has 0 saturated carbocycles. The highest BCUT2D eigenvalue weighted by atomic mass is 16.5. The molecule has 0 saturated heterocycles. The van der Waals surface area contributed by atoms with Gasteiger partial charge in [0.2, 0.25) is 5.75 Å². The average Bonchev–Trinajstić information content (AvgIpc) is 2.75. The average molecular weight is 249 g/mol. The van der Waals surface area contributed by atoms with Crippen molar-refractivity contribution in [1.82, 2.24) is 24.7 Å². The molecule has 2 aromatic rings. The van der Waals surface area contributed by atoms with E-state index in [0.717, 1.165) is 12.2 Å². The van der Waals surface area contributed by atoms with Crippen LogP contribution in [0, 0.1) is 0 Å². The number of ether oxygens (including phenoxy) is 1. The lowest BCUT2D eigenvalue weighted by Crippen LogP contribution is -2.11. The van der Waals surface area contributed by atoms with Crippen LogP contribution in [0.1, 0.15) is 5.82 Å². The quantitative estimate of drug-likeness (QED) is 0.759. The molecule has 2 heterocycles. The van der Waals surface area contributed by atoms with Gasteiger partial charge in [-0.05, 0) is 0 Å². The maximum atomic E-state index is 5.68. The lowest BCUT2D eigenvalue weighted by molar-refractivity contribution is 0.415. The van der Waals surface area contributed by atoms with Crippen LogP contribution in [0.3, 0.4) is 0 Å². The van der Waals surface area contributed by atoms with Crippen LogP contribution in [0.4, 0.5) is 11.6 Å². The first-order valence-electron chi connectivity index (χ1n) is 5.43. The van der Waals surface area contributed by atoms with Crippen LogP contribution >= 0.6 is 0 Å². The number of aromatic nitrogens is 5. The number of nitrogens with zero attached hydrogens (tertiary/aromatic N) is 5. The van der Waals surface area contributed by atoms with Gasteiger partial charge in [0, 0.05) is 20.0 Å². The zero-order chi connectivity index (χ0) is 13.0. The molecule has 0 atom stereocenters. The van der Waals surface area contributed by atoms with E-state index in [-0.39, 0.29) is 0 Å². The van der Waals surface area contributed by atoms with Crippen LogP contribution in [0.15, 0.2) is 12.7 Å². The molecule has 96 valence electrons. The topological polar surface area (TPSA) is 104 Å². The van der Waals surface area contributed by atoms with Gasteiger partial charge in [-0.1, -0.05) is 0 Å². The molecule has 0 amide bonds. The summed E-state index contributed by atoms with van der Waals surface area (Å²) < 4.78 is 7.01. The highest BCUT2D eigenvalue weighted by Gasteiger charge is 2.09. The molecule has 2 aromatic heterocycles. The van der Waals surface area contributed by atoms with Gasteiger partial charge in [-0.25, -0.2) is 9.97 Å². The molecule has 0 aliphatic heterocycles. The largest absolute Gasteiger partial charge is 0.490 e. The molecule has 0 aromatic carbocycles. The third-order valence-electron chi connectivity index (χ3n) is 2.48. The van der Waals surface area contributed by atoms with Crippen LogP contribution in [0.25, 0.3) is 0 Å². The Morgan fingerprint density at radius 1 is 1.44 bits per heavy atom. The van der Waals surface area contributed by atoms with E-state index in [1.54, 1.807) is 6.33 Å². The molecule has 8 heteroatoms. The van der Waals surface area contributed by atoms with E-state index >= 15 is 0 Å². The number of hydrogen-bond donors (Lipinski definition) is 2. The third-order valence-corrected chi connectivity index (χ3v) is 2.48. The molecule has 0 radical (unpaired) electrons. The van der Waals surface area contributed by atoms with E-state index in [9.17, 15) is 0 Å². The monoisotopic (exact) mass is 249 g/mol. The van der Waals surface area contributed by atoms with Crippen molar-refractivity contribution in [3.8, 4) is 5.75 Å². The van der Waals surface area contributed by atoms with Crippen LogP contribution in [0.2, 0.25) is 0 Å². The molecule has 0 aliphatic carbocycles. The second-order valence-electron chi connectivity index (χ2n) is 3.68. The SMILES string of the molecule is COc1c(N)ncnc1NCCc1nncn1C. The number of nitrogens with two attached hydrogens (primary N) is 1. The van der Waals surface area contributed by atoms with Gasteiger partial charge in [-0.3, -0.25) is 0 Å². The third kappa shape index (κ3) is 2.47. The Hall–Kier alpha value is -2.38. The molecule has 3 N–H and O–H groups in total. The summed E-state index contributed by atoms with van der Waals surface area (Å²) in [6.45, 7) is 0.652. The first-order valence-corrected chi connectivity index (χ1v) is 5.43. The van der Waals surface area contributed by atoms with Gasteiger partial charge >= 0.3 is 0 Å². The minimum Gasteiger partial charge on any atom is -0.490 e. The molecule has 0 unspecified atom stereocenters. The zero-order valence-electron chi connectivity index (χ0n) is 10.3. The molecule has 0 spiro atoms. The number of methoxy groups -OCH3 is 1. The fourth-order valence-corrected chi connectivity index (χ4v) is 1.54. The van der Waals surface area contributed by atoms with E-state index in [4.69, 9.17) is 10.5 Å². The summed E-state index contributed by atoms with van der Waals surface area (Å²) in [6.07, 6.45) is 3.78. The van der Waals surface area contributed by atoms with E-state index in [1.807, 2.05) is 11.6 Å². The van der Waals surface area contributed by atoms with Gasteiger partial charge in [0.25, 0.3) is 0 Å². The maximum absolute atomic E-state index is 5.68. The summed E-state index contributed by atoms with van der Waals surface area (Å²) in [6, 6.07) is 0.